The first-order valence-corrected chi connectivity index (χ1v) is 9.91. The predicted molar refractivity (Wildman–Crippen MR) is 121 cm³/mol. The van der Waals surface area contributed by atoms with E-state index in [1.54, 1.807) is 38.5 Å². The summed E-state index contributed by atoms with van der Waals surface area (Å²) in [6.45, 7) is 0. The van der Waals surface area contributed by atoms with Crippen LogP contribution in [-0.4, -0.2) is 25.2 Å². The molecule has 0 aliphatic rings. The number of benzene rings is 4. The molecule has 0 unspecified atom stereocenters. The molecule has 4 rings (SSSR count). The number of ether oxygens (including phenoxy) is 2. The molecule has 31 heavy (non-hydrogen) atoms. The number of aromatic hydroxyl groups is 1. The maximum atomic E-state index is 13.1. The van der Waals surface area contributed by atoms with Crippen LogP contribution in [0.5, 0.6) is 17.2 Å². The molecular formula is C26H23NO4. The number of methoxy groups -OCH3 is 2. The van der Waals surface area contributed by atoms with Gasteiger partial charge in [-0.2, -0.15) is 0 Å². The Balaban J connectivity index is 1.88. The molecule has 1 atom stereocenters. The Hall–Kier alpha value is -3.99. The van der Waals surface area contributed by atoms with Crippen LogP contribution < -0.4 is 14.8 Å². The minimum absolute atomic E-state index is 0.104. The predicted octanol–water partition coefficient (Wildman–Crippen LogP) is 5.08. The fourth-order valence-electron chi connectivity index (χ4n) is 3.75. The molecule has 5 heteroatoms. The van der Waals surface area contributed by atoms with Gasteiger partial charge in [-0.05, 0) is 46.7 Å². The van der Waals surface area contributed by atoms with Crippen LogP contribution in [-0.2, 0) is 0 Å². The molecular weight excluding hydrogens is 390 g/mol. The molecule has 0 heterocycles. The summed E-state index contributed by atoms with van der Waals surface area (Å²) in [6, 6.07) is 25.1. The van der Waals surface area contributed by atoms with Gasteiger partial charge in [-0.3, -0.25) is 4.79 Å². The van der Waals surface area contributed by atoms with Crippen molar-refractivity contribution in [2.45, 2.75) is 6.04 Å². The van der Waals surface area contributed by atoms with E-state index in [4.69, 9.17) is 9.47 Å². The van der Waals surface area contributed by atoms with Gasteiger partial charge in [-0.25, -0.2) is 0 Å². The van der Waals surface area contributed by atoms with Gasteiger partial charge in [-0.15, -0.1) is 0 Å². The van der Waals surface area contributed by atoms with E-state index in [-0.39, 0.29) is 11.7 Å². The Morgan fingerprint density at radius 1 is 0.839 bits per heavy atom. The second kappa shape index (κ2) is 8.79. The maximum Gasteiger partial charge on any atom is 0.252 e. The van der Waals surface area contributed by atoms with Crippen LogP contribution >= 0.6 is 0 Å². The monoisotopic (exact) mass is 413 g/mol. The topological polar surface area (TPSA) is 67.8 Å². The summed E-state index contributed by atoms with van der Waals surface area (Å²) in [6.07, 6.45) is 0. The van der Waals surface area contributed by atoms with Gasteiger partial charge in [0.05, 0.1) is 20.3 Å². The fraction of sp³-hybridized carbons (Fsp3) is 0.115. The molecule has 1 amide bonds. The zero-order chi connectivity index (χ0) is 21.8. The number of carbonyl (C=O) groups excluding carboxylic acids is 1. The molecule has 0 radical (unpaired) electrons. The highest BCUT2D eigenvalue weighted by atomic mass is 16.5. The molecule has 4 aromatic carbocycles. The summed E-state index contributed by atoms with van der Waals surface area (Å²) in [5.74, 6) is 0.986. The third-order valence-electron chi connectivity index (χ3n) is 5.29. The van der Waals surface area contributed by atoms with Crippen molar-refractivity contribution in [1.29, 1.82) is 0 Å². The van der Waals surface area contributed by atoms with E-state index in [9.17, 15) is 9.90 Å². The molecule has 0 aromatic heterocycles. The summed E-state index contributed by atoms with van der Waals surface area (Å²) in [5.41, 5.74) is 1.91. The minimum atomic E-state index is -0.612. The summed E-state index contributed by atoms with van der Waals surface area (Å²) >= 11 is 0. The van der Waals surface area contributed by atoms with Gasteiger partial charge < -0.3 is 19.9 Å². The molecule has 5 nitrogen and oxygen atoms in total. The van der Waals surface area contributed by atoms with Crippen LogP contribution in [0.25, 0.3) is 10.8 Å². The van der Waals surface area contributed by atoms with E-state index < -0.39 is 6.04 Å². The number of carbonyl (C=O) groups is 1. The molecule has 0 saturated heterocycles. The second-order valence-electron chi connectivity index (χ2n) is 7.11. The number of phenolic OH excluding ortho intramolecular Hbond substituents is 1. The number of fused-ring (bicyclic) bond motifs is 1. The molecule has 0 spiro atoms. The van der Waals surface area contributed by atoms with Crippen LogP contribution in [0.15, 0.2) is 84.9 Å². The summed E-state index contributed by atoms with van der Waals surface area (Å²) < 4.78 is 10.8. The lowest BCUT2D eigenvalue weighted by Crippen LogP contribution is -2.29. The highest BCUT2D eigenvalue weighted by Crippen LogP contribution is 2.38. The van der Waals surface area contributed by atoms with Gasteiger partial charge in [-0.1, -0.05) is 54.6 Å². The maximum absolute atomic E-state index is 13.1. The SMILES string of the molecule is COc1ccc([C@H](NC(=O)c2ccccc2)c2c(O)ccc3ccccc23)cc1OC. The van der Waals surface area contributed by atoms with E-state index in [1.807, 2.05) is 60.7 Å². The van der Waals surface area contributed by atoms with Gasteiger partial charge in [0.2, 0.25) is 0 Å². The standard InChI is InChI=1S/C26H23NO4/c1-30-22-15-13-19(16-23(22)31-2)25(27-26(29)18-9-4-3-5-10-18)24-20-11-7-6-8-17(20)12-14-21(24)28/h3-16,25,28H,1-2H3,(H,27,29)/t25-/m0/s1. The van der Waals surface area contributed by atoms with E-state index in [2.05, 4.69) is 5.32 Å². The van der Waals surface area contributed by atoms with E-state index >= 15 is 0 Å². The van der Waals surface area contributed by atoms with Crippen molar-refractivity contribution in [3.05, 3.63) is 102 Å². The Morgan fingerprint density at radius 2 is 1.55 bits per heavy atom. The molecule has 0 fully saturated rings. The highest BCUT2D eigenvalue weighted by Gasteiger charge is 2.24. The van der Waals surface area contributed by atoms with Crippen molar-refractivity contribution in [2.75, 3.05) is 14.2 Å². The van der Waals surface area contributed by atoms with Crippen molar-refractivity contribution < 1.29 is 19.4 Å². The molecule has 0 bridgehead atoms. The third kappa shape index (κ3) is 4.03. The van der Waals surface area contributed by atoms with Crippen molar-refractivity contribution in [2.24, 2.45) is 0 Å². The lowest BCUT2D eigenvalue weighted by atomic mass is 9.92. The first kappa shape index (κ1) is 20.3. The Morgan fingerprint density at radius 3 is 2.29 bits per heavy atom. The normalized spacial score (nSPS) is 11.7. The Kier molecular flexibility index (Phi) is 5.76. The fourth-order valence-corrected chi connectivity index (χ4v) is 3.75. The van der Waals surface area contributed by atoms with Crippen molar-refractivity contribution in [3.63, 3.8) is 0 Å². The van der Waals surface area contributed by atoms with Crippen LogP contribution in [0.2, 0.25) is 0 Å². The highest BCUT2D eigenvalue weighted by molar-refractivity contribution is 5.96. The van der Waals surface area contributed by atoms with Crippen LogP contribution in [0.3, 0.4) is 0 Å². The molecule has 0 saturated carbocycles. The first-order valence-electron chi connectivity index (χ1n) is 9.91. The van der Waals surface area contributed by atoms with Gasteiger partial charge in [0.25, 0.3) is 5.91 Å². The first-order chi connectivity index (χ1) is 15.1. The average molecular weight is 413 g/mol. The van der Waals surface area contributed by atoms with Gasteiger partial charge in [0.1, 0.15) is 5.75 Å². The van der Waals surface area contributed by atoms with Crippen LogP contribution in [0.4, 0.5) is 0 Å². The van der Waals surface area contributed by atoms with E-state index in [0.717, 1.165) is 16.3 Å². The summed E-state index contributed by atoms with van der Waals surface area (Å²) in [7, 11) is 3.14. The largest absolute Gasteiger partial charge is 0.508 e. The smallest absolute Gasteiger partial charge is 0.252 e. The zero-order valence-electron chi connectivity index (χ0n) is 17.3. The number of amides is 1. The number of hydrogen-bond acceptors (Lipinski definition) is 4. The minimum Gasteiger partial charge on any atom is -0.508 e. The summed E-state index contributed by atoms with van der Waals surface area (Å²) in [4.78, 5) is 13.1. The quantitative estimate of drug-likeness (QED) is 0.462. The lowest BCUT2D eigenvalue weighted by Gasteiger charge is -2.23. The Bertz CT molecular complexity index is 1220. The number of nitrogens with one attached hydrogen (secondary N) is 1. The van der Waals surface area contributed by atoms with Gasteiger partial charge in [0, 0.05) is 11.1 Å². The van der Waals surface area contributed by atoms with E-state index in [0.29, 0.717) is 22.6 Å². The number of phenols is 1. The van der Waals surface area contributed by atoms with Gasteiger partial charge >= 0.3 is 0 Å². The number of rotatable bonds is 6. The Labute approximate surface area is 180 Å². The molecule has 0 aliphatic heterocycles. The van der Waals surface area contributed by atoms with Crippen molar-refractivity contribution in [3.8, 4) is 17.2 Å². The molecule has 2 N–H and O–H groups in total. The average Bonchev–Trinajstić information content (AvgIpc) is 2.83. The molecule has 0 aliphatic carbocycles. The van der Waals surface area contributed by atoms with Crippen molar-refractivity contribution >= 4 is 16.7 Å². The zero-order valence-corrected chi connectivity index (χ0v) is 17.3. The molecule has 156 valence electrons. The van der Waals surface area contributed by atoms with Crippen molar-refractivity contribution in [1.82, 2.24) is 5.32 Å². The summed E-state index contributed by atoms with van der Waals surface area (Å²) in [5, 5.41) is 15.8. The third-order valence-corrected chi connectivity index (χ3v) is 5.29. The number of hydrogen-bond donors (Lipinski definition) is 2. The van der Waals surface area contributed by atoms with E-state index in [1.165, 1.54) is 0 Å². The van der Waals surface area contributed by atoms with Crippen LogP contribution in [0.1, 0.15) is 27.5 Å². The lowest BCUT2D eigenvalue weighted by molar-refractivity contribution is 0.0943. The van der Waals surface area contributed by atoms with Crippen LogP contribution in [0, 0.1) is 0 Å². The van der Waals surface area contributed by atoms with Gasteiger partial charge in [0.15, 0.2) is 11.5 Å². The molecule has 4 aromatic rings. The second-order valence-corrected chi connectivity index (χ2v) is 7.11.